The van der Waals surface area contributed by atoms with Crippen LogP contribution in [0.2, 0.25) is 5.02 Å². The van der Waals surface area contributed by atoms with Crippen LogP contribution in [0.3, 0.4) is 0 Å². The molecule has 0 radical (unpaired) electrons. The van der Waals surface area contributed by atoms with Crippen LogP contribution in [0.5, 0.6) is 0 Å². The van der Waals surface area contributed by atoms with E-state index in [2.05, 4.69) is 44.1 Å². The quantitative estimate of drug-likeness (QED) is 0.269. The highest BCUT2D eigenvalue weighted by Gasteiger charge is 2.34. The number of hydrogen-bond acceptors (Lipinski definition) is 9. The zero-order chi connectivity index (χ0) is 33.5. The Balaban J connectivity index is 1.07. The first kappa shape index (κ1) is 32.2. The van der Waals surface area contributed by atoms with Crippen molar-refractivity contribution in [2.75, 3.05) is 31.5 Å². The van der Waals surface area contributed by atoms with Crippen LogP contribution in [0.4, 0.5) is 5.69 Å². The number of aliphatic imine (C=N–C) groups is 1. The Morgan fingerprint density at radius 2 is 1.77 bits per heavy atom. The molecule has 0 aliphatic carbocycles. The fraction of sp³-hybridized carbons (Fsp3) is 0.371. The first-order chi connectivity index (χ1) is 23.2. The van der Waals surface area contributed by atoms with E-state index in [1.54, 1.807) is 11.3 Å². The number of para-hydroxylation sites is 1. The fourth-order valence-corrected chi connectivity index (χ4v) is 7.98. The van der Waals surface area contributed by atoms with Gasteiger partial charge in [-0.1, -0.05) is 41.9 Å². The largest absolute Gasteiger partial charge is 0.373 e. The van der Waals surface area contributed by atoms with Crippen LogP contribution < -0.4 is 10.6 Å². The SMILES string of the molecule is Cc1sc2c(c1C)C(c1ccc(Cl)cc1)=N[C@@H](CC(=O)N1CCN(Cc3ccccc3NC3CCC(=O)NC3=O)CC1)c1nnc(C)n1-2. The molecule has 3 aliphatic heterocycles. The van der Waals surface area contributed by atoms with Crippen molar-refractivity contribution in [3.05, 3.63) is 92.3 Å². The second-order valence-electron chi connectivity index (χ2n) is 12.6. The van der Waals surface area contributed by atoms with Crippen LogP contribution in [0.1, 0.15) is 64.1 Å². The average Bonchev–Trinajstić information content (AvgIpc) is 3.55. The lowest BCUT2D eigenvalue weighted by Crippen LogP contribution is -2.49. The Kier molecular flexibility index (Phi) is 8.88. The van der Waals surface area contributed by atoms with Crippen LogP contribution in [0.15, 0.2) is 53.5 Å². The Bertz CT molecular complexity index is 1930. The summed E-state index contributed by atoms with van der Waals surface area (Å²) in [5.41, 5.74) is 5.92. The summed E-state index contributed by atoms with van der Waals surface area (Å²) < 4.78 is 2.07. The third kappa shape index (κ3) is 6.27. The number of rotatable bonds is 7. The van der Waals surface area contributed by atoms with E-state index in [0.29, 0.717) is 56.4 Å². The number of nitrogens with one attached hydrogen (secondary N) is 2. The molecule has 2 aromatic carbocycles. The molecular weight excluding hydrogens is 648 g/mol. The number of aromatic nitrogens is 3. The van der Waals surface area contributed by atoms with E-state index in [-0.39, 0.29) is 24.1 Å². The molecule has 2 aromatic heterocycles. The highest BCUT2D eigenvalue weighted by molar-refractivity contribution is 7.15. The van der Waals surface area contributed by atoms with Gasteiger partial charge in [0, 0.05) is 65.9 Å². The van der Waals surface area contributed by atoms with E-state index in [9.17, 15) is 14.4 Å². The van der Waals surface area contributed by atoms with Crippen molar-refractivity contribution < 1.29 is 14.4 Å². The summed E-state index contributed by atoms with van der Waals surface area (Å²) in [5, 5.41) is 16.4. The molecule has 2 N–H and O–H groups in total. The van der Waals surface area contributed by atoms with Gasteiger partial charge in [-0.25, -0.2) is 0 Å². The standard InChI is InChI=1S/C35H37ClN8O3S/c1-20-21(2)48-35-31(20)32(23-8-10-25(36)11-9-23)38-28(33-41-40-22(3)44(33)35)18-30(46)43-16-14-42(15-17-43)19-24-6-4-5-7-26(24)37-27-12-13-29(45)39-34(27)47/h4-11,27-28,37H,12-19H2,1-3H3,(H,39,45,47)/t27?,28-/m0/s1. The van der Waals surface area contributed by atoms with Crippen molar-refractivity contribution in [2.24, 2.45) is 4.99 Å². The van der Waals surface area contributed by atoms with Crippen LogP contribution >= 0.6 is 22.9 Å². The number of fused-ring (bicyclic) bond motifs is 3. The number of halogens is 1. The van der Waals surface area contributed by atoms with Crippen molar-refractivity contribution in [3.63, 3.8) is 0 Å². The molecule has 5 heterocycles. The molecule has 3 amide bonds. The Morgan fingerprint density at radius 1 is 1.02 bits per heavy atom. The van der Waals surface area contributed by atoms with Gasteiger partial charge in [0.05, 0.1) is 12.1 Å². The molecule has 0 spiro atoms. The molecule has 7 rings (SSSR count). The predicted molar refractivity (Wildman–Crippen MR) is 186 cm³/mol. The van der Waals surface area contributed by atoms with Gasteiger partial charge in [0.1, 0.15) is 22.9 Å². The molecule has 13 heteroatoms. The summed E-state index contributed by atoms with van der Waals surface area (Å²) in [6.45, 7) is 9.47. The van der Waals surface area contributed by atoms with E-state index in [0.717, 1.165) is 44.5 Å². The molecule has 2 saturated heterocycles. The molecular formula is C35H37ClN8O3S. The van der Waals surface area contributed by atoms with Crippen LogP contribution in [-0.4, -0.2) is 80.2 Å². The first-order valence-corrected chi connectivity index (χ1v) is 17.4. The summed E-state index contributed by atoms with van der Waals surface area (Å²) in [5.74, 6) is 0.944. The van der Waals surface area contributed by atoms with Crippen LogP contribution in [-0.2, 0) is 20.9 Å². The molecule has 1 unspecified atom stereocenters. The summed E-state index contributed by atoms with van der Waals surface area (Å²) in [6.07, 6.45) is 0.971. The normalized spacial score (nSPS) is 19.7. The first-order valence-electron chi connectivity index (χ1n) is 16.2. The molecule has 4 aromatic rings. The summed E-state index contributed by atoms with van der Waals surface area (Å²) in [6, 6.07) is 14.7. The zero-order valence-electron chi connectivity index (χ0n) is 27.1. The number of thiophene rings is 1. The van der Waals surface area contributed by atoms with E-state index in [1.165, 1.54) is 4.88 Å². The van der Waals surface area contributed by atoms with Crippen molar-refractivity contribution in [3.8, 4) is 5.00 Å². The van der Waals surface area contributed by atoms with Gasteiger partial charge in [-0.3, -0.25) is 34.2 Å². The van der Waals surface area contributed by atoms with E-state index in [1.807, 2.05) is 60.4 Å². The zero-order valence-corrected chi connectivity index (χ0v) is 28.7. The van der Waals surface area contributed by atoms with Crippen molar-refractivity contribution in [1.29, 1.82) is 0 Å². The molecule has 48 heavy (non-hydrogen) atoms. The lowest BCUT2D eigenvalue weighted by molar-refractivity contribution is -0.134. The minimum atomic E-state index is -0.507. The molecule has 3 aliphatic rings. The lowest BCUT2D eigenvalue weighted by Gasteiger charge is -2.35. The third-order valence-corrected chi connectivity index (χ3v) is 10.9. The van der Waals surface area contributed by atoms with Crippen LogP contribution in [0.25, 0.3) is 5.00 Å². The average molecular weight is 685 g/mol. The van der Waals surface area contributed by atoms with Gasteiger partial charge in [0.2, 0.25) is 17.7 Å². The molecule has 0 saturated carbocycles. The highest BCUT2D eigenvalue weighted by Crippen LogP contribution is 2.40. The molecule has 0 bridgehead atoms. The van der Waals surface area contributed by atoms with Gasteiger partial charge < -0.3 is 10.2 Å². The number of hydrogen-bond donors (Lipinski definition) is 2. The third-order valence-electron chi connectivity index (χ3n) is 9.43. The van der Waals surface area contributed by atoms with E-state index in [4.69, 9.17) is 16.6 Å². The Hall–Kier alpha value is -4.39. The number of piperidine rings is 1. The molecule has 2 atom stereocenters. The number of nitrogens with zero attached hydrogens (tertiary/aromatic N) is 6. The Labute approximate surface area is 288 Å². The monoisotopic (exact) mass is 684 g/mol. The maximum Gasteiger partial charge on any atom is 0.249 e. The minimum Gasteiger partial charge on any atom is -0.373 e. The highest BCUT2D eigenvalue weighted by atomic mass is 35.5. The van der Waals surface area contributed by atoms with Crippen molar-refractivity contribution in [1.82, 2.24) is 29.9 Å². The number of benzene rings is 2. The second kappa shape index (κ2) is 13.3. The maximum absolute atomic E-state index is 13.9. The van der Waals surface area contributed by atoms with E-state index >= 15 is 0 Å². The second-order valence-corrected chi connectivity index (χ2v) is 14.2. The van der Waals surface area contributed by atoms with Gasteiger partial charge in [-0.15, -0.1) is 21.5 Å². The smallest absolute Gasteiger partial charge is 0.249 e. The van der Waals surface area contributed by atoms with Crippen molar-refractivity contribution >= 4 is 52.1 Å². The van der Waals surface area contributed by atoms with Gasteiger partial charge in [0.15, 0.2) is 5.82 Å². The van der Waals surface area contributed by atoms with Crippen molar-refractivity contribution in [2.45, 2.75) is 58.7 Å². The van der Waals surface area contributed by atoms with Crippen LogP contribution in [0, 0.1) is 20.8 Å². The molecule has 2 fully saturated rings. The lowest BCUT2D eigenvalue weighted by atomic mass is 9.99. The van der Waals surface area contributed by atoms with Gasteiger partial charge in [0.25, 0.3) is 0 Å². The summed E-state index contributed by atoms with van der Waals surface area (Å²) in [4.78, 5) is 48.5. The van der Waals surface area contributed by atoms with E-state index < -0.39 is 12.1 Å². The number of carbonyl (C=O) groups is 3. The number of imide groups is 1. The summed E-state index contributed by atoms with van der Waals surface area (Å²) in [7, 11) is 0. The number of aryl methyl sites for hydroxylation is 2. The fourth-order valence-electron chi connectivity index (χ4n) is 6.64. The summed E-state index contributed by atoms with van der Waals surface area (Å²) >= 11 is 7.94. The topological polar surface area (TPSA) is 125 Å². The van der Waals surface area contributed by atoms with Gasteiger partial charge in [-0.2, -0.15) is 0 Å². The predicted octanol–water partition coefficient (Wildman–Crippen LogP) is 4.75. The number of anilines is 1. The minimum absolute atomic E-state index is 0.0316. The van der Waals surface area contributed by atoms with Gasteiger partial charge >= 0.3 is 0 Å². The maximum atomic E-state index is 13.9. The number of amides is 3. The molecule has 248 valence electrons. The number of carbonyl (C=O) groups excluding carboxylic acids is 3. The number of piperazine rings is 1. The van der Waals surface area contributed by atoms with Gasteiger partial charge in [-0.05, 0) is 56.5 Å². The molecule has 11 nitrogen and oxygen atoms in total. The Morgan fingerprint density at radius 3 is 2.52 bits per heavy atom.